The fourth-order valence-electron chi connectivity index (χ4n) is 5.40. The molecule has 5 rings (SSSR count). The van der Waals surface area contributed by atoms with Crippen molar-refractivity contribution in [1.29, 1.82) is 0 Å². The van der Waals surface area contributed by atoms with Gasteiger partial charge >= 0.3 is 12.1 Å². The van der Waals surface area contributed by atoms with Crippen LogP contribution >= 0.6 is 0 Å². The summed E-state index contributed by atoms with van der Waals surface area (Å²) in [6.07, 6.45) is 1.39. The number of unbranched alkanes of at least 4 members (excludes halogenated alkanes) is 1. The van der Waals surface area contributed by atoms with Gasteiger partial charge in [0, 0.05) is 50.9 Å². The number of anilines is 1. The average Bonchev–Trinajstić information content (AvgIpc) is 3.50. The zero-order valence-electron chi connectivity index (χ0n) is 22.5. The molecule has 40 heavy (non-hydrogen) atoms. The van der Waals surface area contributed by atoms with Crippen LogP contribution in [-0.2, 0) is 14.3 Å². The maximum Gasteiger partial charge on any atom is 0.409 e. The first-order chi connectivity index (χ1) is 19.4. The lowest BCUT2D eigenvalue weighted by molar-refractivity contribution is -0.139. The van der Waals surface area contributed by atoms with Gasteiger partial charge in [0.2, 0.25) is 5.91 Å². The smallest absolute Gasteiger partial charge is 0.409 e. The summed E-state index contributed by atoms with van der Waals surface area (Å²) >= 11 is 0. The van der Waals surface area contributed by atoms with Crippen LogP contribution in [0, 0.1) is 17.8 Å². The number of carboxylic acids is 1. The van der Waals surface area contributed by atoms with Gasteiger partial charge in [0.1, 0.15) is 11.5 Å². The topological polar surface area (TPSA) is 145 Å². The highest BCUT2D eigenvalue weighted by Crippen LogP contribution is 2.52. The van der Waals surface area contributed by atoms with Crippen molar-refractivity contribution in [3.05, 3.63) is 42.1 Å². The van der Waals surface area contributed by atoms with E-state index in [0.29, 0.717) is 57.5 Å². The van der Waals surface area contributed by atoms with Gasteiger partial charge in [-0.1, -0.05) is 43.7 Å². The third-order valence-electron chi connectivity index (χ3n) is 7.79. The first kappa shape index (κ1) is 27.4. The number of nitrogens with one attached hydrogen (secondary N) is 1. The van der Waals surface area contributed by atoms with Crippen molar-refractivity contribution in [2.24, 2.45) is 17.8 Å². The van der Waals surface area contributed by atoms with Crippen LogP contribution in [0.1, 0.15) is 30.3 Å². The molecule has 1 aromatic heterocycles. The SMILES string of the molecule is CCCCOC(=O)N1CCN(C(=O)CNC(=O)c2cc(N3C[C@@H]4[C@H](C3)[C@@H]4C(=O)O)nc(-c3ccccc3)n2)CC1. The van der Waals surface area contributed by atoms with Gasteiger partial charge in [-0.05, 0) is 18.3 Å². The predicted molar refractivity (Wildman–Crippen MR) is 145 cm³/mol. The molecule has 3 heterocycles. The number of nitrogens with zero attached hydrogens (tertiary/aromatic N) is 5. The highest BCUT2D eigenvalue weighted by molar-refractivity contribution is 5.96. The quantitative estimate of drug-likeness (QED) is 0.446. The van der Waals surface area contributed by atoms with E-state index in [2.05, 4.69) is 15.3 Å². The molecule has 1 aromatic carbocycles. The van der Waals surface area contributed by atoms with E-state index >= 15 is 0 Å². The molecule has 0 bridgehead atoms. The average molecular weight is 551 g/mol. The van der Waals surface area contributed by atoms with Gasteiger partial charge in [-0.15, -0.1) is 0 Å². The minimum atomic E-state index is -0.764. The highest BCUT2D eigenvalue weighted by Gasteiger charge is 2.60. The summed E-state index contributed by atoms with van der Waals surface area (Å²) < 4.78 is 5.24. The minimum Gasteiger partial charge on any atom is -0.481 e. The first-order valence-corrected chi connectivity index (χ1v) is 13.8. The van der Waals surface area contributed by atoms with Gasteiger partial charge in [0.25, 0.3) is 5.91 Å². The second-order valence-electron chi connectivity index (χ2n) is 10.4. The van der Waals surface area contributed by atoms with Crippen LogP contribution in [0.2, 0.25) is 0 Å². The minimum absolute atomic E-state index is 0.0844. The van der Waals surface area contributed by atoms with Crippen molar-refractivity contribution in [2.75, 3.05) is 57.3 Å². The molecule has 2 aliphatic heterocycles. The molecule has 12 heteroatoms. The predicted octanol–water partition coefficient (Wildman–Crippen LogP) is 1.72. The van der Waals surface area contributed by atoms with Crippen LogP contribution in [0.5, 0.6) is 0 Å². The molecule has 0 radical (unpaired) electrons. The highest BCUT2D eigenvalue weighted by atomic mass is 16.6. The lowest BCUT2D eigenvalue weighted by Gasteiger charge is -2.34. The number of carbonyl (C=O) groups is 4. The van der Waals surface area contributed by atoms with E-state index in [1.54, 1.807) is 15.9 Å². The number of piperidine rings is 1. The number of fused-ring (bicyclic) bond motifs is 1. The van der Waals surface area contributed by atoms with Crippen molar-refractivity contribution in [3.8, 4) is 11.4 Å². The molecule has 2 aromatic rings. The van der Waals surface area contributed by atoms with Crippen molar-refractivity contribution in [1.82, 2.24) is 25.1 Å². The Morgan fingerprint density at radius 1 is 1.00 bits per heavy atom. The van der Waals surface area contributed by atoms with Crippen molar-refractivity contribution >= 4 is 29.7 Å². The van der Waals surface area contributed by atoms with E-state index in [1.807, 2.05) is 42.2 Å². The lowest BCUT2D eigenvalue weighted by Crippen LogP contribution is -2.52. The summed E-state index contributed by atoms with van der Waals surface area (Å²) in [6.45, 7) is 4.81. The van der Waals surface area contributed by atoms with Crippen LogP contribution in [0.25, 0.3) is 11.4 Å². The summed E-state index contributed by atoms with van der Waals surface area (Å²) in [5, 5.41) is 12.0. The molecule has 0 spiro atoms. The summed E-state index contributed by atoms with van der Waals surface area (Å²) in [7, 11) is 0. The van der Waals surface area contributed by atoms with Crippen LogP contribution in [0.15, 0.2) is 36.4 Å². The summed E-state index contributed by atoms with van der Waals surface area (Å²) in [5.41, 5.74) is 0.875. The Bertz CT molecular complexity index is 1250. The van der Waals surface area contributed by atoms with Crippen LogP contribution in [-0.4, -0.2) is 101 Å². The number of benzene rings is 1. The number of amides is 3. The van der Waals surface area contributed by atoms with Gasteiger partial charge in [0.15, 0.2) is 5.82 Å². The molecule has 12 nitrogen and oxygen atoms in total. The third-order valence-corrected chi connectivity index (χ3v) is 7.79. The third kappa shape index (κ3) is 6.00. The Labute approximate surface area is 232 Å². The fraction of sp³-hybridized carbons (Fsp3) is 0.500. The second kappa shape index (κ2) is 11.9. The Morgan fingerprint density at radius 2 is 1.68 bits per heavy atom. The molecule has 2 N–H and O–H groups in total. The zero-order valence-corrected chi connectivity index (χ0v) is 22.5. The van der Waals surface area contributed by atoms with E-state index in [1.165, 1.54) is 0 Å². The first-order valence-electron chi connectivity index (χ1n) is 13.8. The lowest BCUT2D eigenvalue weighted by atomic mass is 10.2. The standard InChI is InChI=1S/C28H34N6O6/c1-2-3-13-40-28(39)33-11-9-32(10-12-33)23(35)15-29-26(36)21-14-22(31-25(30-21)18-7-5-4-6-8-18)34-16-19-20(17-34)24(19)27(37)38/h4-8,14,19-20,24H,2-3,9-13,15-17H2,1H3,(H,29,36)(H,37,38)/t19-,20+,24-. The molecule has 0 unspecified atom stereocenters. The Balaban J connectivity index is 1.20. The number of ether oxygens (including phenoxy) is 1. The normalized spacial score (nSPS) is 21.5. The molecule has 3 fully saturated rings. The Kier molecular flexibility index (Phi) is 8.13. The molecular weight excluding hydrogens is 516 g/mol. The zero-order chi connectivity index (χ0) is 28.2. The van der Waals surface area contributed by atoms with E-state index in [4.69, 9.17) is 4.74 Å². The molecule has 212 valence electrons. The molecule has 3 atom stereocenters. The van der Waals surface area contributed by atoms with Crippen LogP contribution in [0.4, 0.5) is 10.6 Å². The summed E-state index contributed by atoms with van der Waals surface area (Å²) in [6, 6.07) is 10.9. The molecular formula is C28H34N6O6. The fourth-order valence-corrected chi connectivity index (χ4v) is 5.40. The van der Waals surface area contributed by atoms with Crippen molar-refractivity contribution in [3.63, 3.8) is 0 Å². The van der Waals surface area contributed by atoms with E-state index in [9.17, 15) is 24.3 Å². The maximum atomic E-state index is 13.1. The number of hydrogen-bond acceptors (Lipinski definition) is 8. The number of rotatable bonds is 9. The summed E-state index contributed by atoms with van der Waals surface area (Å²) in [4.78, 5) is 63.8. The molecule has 1 aliphatic carbocycles. The number of piperazine rings is 1. The maximum absolute atomic E-state index is 13.1. The van der Waals surface area contributed by atoms with Crippen molar-refractivity contribution in [2.45, 2.75) is 19.8 Å². The van der Waals surface area contributed by atoms with Gasteiger partial charge in [-0.2, -0.15) is 0 Å². The number of hydrogen-bond donors (Lipinski definition) is 2. The van der Waals surface area contributed by atoms with E-state index in [-0.39, 0.29) is 42.0 Å². The Morgan fingerprint density at radius 3 is 2.33 bits per heavy atom. The Hall–Kier alpha value is -4.22. The monoisotopic (exact) mass is 550 g/mol. The van der Waals surface area contributed by atoms with Gasteiger partial charge in [-0.3, -0.25) is 14.4 Å². The number of aromatic nitrogens is 2. The molecule has 2 saturated heterocycles. The van der Waals surface area contributed by atoms with Gasteiger partial charge in [0.05, 0.1) is 19.1 Å². The van der Waals surface area contributed by atoms with Gasteiger partial charge < -0.3 is 29.9 Å². The number of aliphatic carboxylic acids is 1. The van der Waals surface area contributed by atoms with Crippen LogP contribution < -0.4 is 10.2 Å². The molecule has 1 saturated carbocycles. The second-order valence-corrected chi connectivity index (χ2v) is 10.4. The van der Waals surface area contributed by atoms with Crippen LogP contribution in [0.3, 0.4) is 0 Å². The number of carbonyl (C=O) groups excluding carboxylic acids is 3. The number of carboxylic acid groups (broad SMARTS) is 1. The molecule has 3 aliphatic rings. The van der Waals surface area contributed by atoms with E-state index < -0.39 is 11.9 Å². The largest absolute Gasteiger partial charge is 0.481 e. The van der Waals surface area contributed by atoms with Gasteiger partial charge in [-0.25, -0.2) is 14.8 Å². The summed E-state index contributed by atoms with van der Waals surface area (Å²) in [5.74, 6) is -0.711. The van der Waals surface area contributed by atoms with E-state index in [0.717, 1.165) is 18.4 Å². The molecule has 3 amide bonds. The van der Waals surface area contributed by atoms with Crippen molar-refractivity contribution < 1.29 is 29.0 Å².